The molecule has 15 heterocycles. The Balaban J connectivity index is 0.0000000869. The van der Waals surface area contributed by atoms with Gasteiger partial charge in [0.1, 0.15) is 39.7 Å². The molecule has 16 heteroatoms. The van der Waals surface area contributed by atoms with E-state index in [0.29, 0.717) is 17.8 Å². The summed E-state index contributed by atoms with van der Waals surface area (Å²) >= 11 is 0. The van der Waals surface area contributed by atoms with Crippen LogP contribution in [0.5, 0.6) is 17.4 Å². The van der Waals surface area contributed by atoms with E-state index >= 15 is 0 Å². The van der Waals surface area contributed by atoms with Crippen LogP contribution < -0.4 is 39.5 Å². The number of para-hydroxylation sites is 4. The monoisotopic (exact) mass is 1630 g/mol. The van der Waals surface area contributed by atoms with Gasteiger partial charge in [0.25, 0.3) is 16.6 Å². The number of hydrogen-bond donors (Lipinski definition) is 0. The Bertz CT molecular complexity index is 8260. The molecule has 0 bridgehead atoms. The second kappa shape index (κ2) is 26.6. The Morgan fingerprint density at radius 3 is 1.32 bits per heavy atom. The summed E-state index contributed by atoms with van der Waals surface area (Å²) in [6, 6.07) is 95.6. The molecule has 0 amide bonds. The minimum absolute atomic E-state index is 0.552. The van der Waals surface area contributed by atoms with E-state index in [0.717, 1.165) is 81.1 Å². The second-order valence-electron chi connectivity index (χ2n) is 35.7. The molecule has 0 radical (unpaired) electrons. The van der Waals surface area contributed by atoms with Crippen LogP contribution in [-0.4, -0.2) is 71.9 Å². The predicted octanol–water partition coefficient (Wildman–Crippen LogP) is 22.3. The number of benzene rings is 12. The molecule has 28 rings (SSSR count). The van der Waals surface area contributed by atoms with Crippen LogP contribution in [0.25, 0.3) is 137 Å². The number of aromatic nitrogens is 10. The van der Waals surface area contributed by atoms with Crippen molar-refractivity contribution < 1.29 is 13.3 Å². The minimum Gasteiger partial charge on any atom is -0.537 e. The van der Waals surface area contributed by atoms with E-state index in [2.05, 4.69) is 357 Å². The summed E-state index contributed by atoms with van der Waals surface area (Å²) in [6.07, 6.45) is 6.18. The topological polar surface area (TPSA) is 114 Å². The first-order valence-corrected chi connectivity index (χ1v) is 51.0. The van der Waals surface area contributed by atoms with Crippen molar-refractivity contribution in [2.75, 3.05) is 0 Å². The van der Waals surface area contributed by atoms with Gasteiger partial charge in [-0.15, -0.1) is 0 Å². The van der Waals surface area contributed by atoms with Gasteiger partial charge in [-0.1, -0.05) is 269 Å². The lowest BCUT2D eigenvalue weighted by molar-refractivity contribution is 0.527. The molecule has 2 unspecified atom stereocenters. The molecule has 1 aliphatic carbocycles. The lowest BCUT2D eigenvalue weighted by Gasteiger charge is -2.37. The zero-order chi connectivity index (χ0) is 82.2. The van der Waals surface area contributed by atoms with Crippen LogP contribution in [0.1, 0.15) is 107 Å². The molecule has 122 heavy (non-hydrogen) atoms. The number of fused-ring (bicyclic) bond motifs is 18. The second-order valence-corrected chi connectivity index (χ2v) is 46.4. The third kappa shape index (κ3) is 10.2. The van der Waals surface area contributed by atoms with Crippen LogP contribution >= 0.6 is 0 Å². The number of hydrogen-bond acceptors (Lipinski definition) is 8. The first kappa shape index (κ1) is 72.7. The molecule has 594 valence electrons. The molecule has 12 aromatic carbocycles. The van der Waals surface area contributed by atoms with Crippen molar-refractivity contribution in [3.8, 4) is 17.4 Å². The van der Waals surface area contributed by atoms with Crippen molar-refractivity contribution >= 4 is 188 Å². The fourth-order valence-electron chi connectivity index (χ4n) is 22.5. The number of pyridine rings is 5. The number of imidazole rings is 5. The maximum atomic E-state index is 7.22. The summed E-state index contributed by atoms with van der Waals surface area (Å²) in [6.45, 7) is 24.2. The maximum absolute atomic E-state index is 7.22. The highest BCUT2D eigenvalue weighted by Crippen LogP contribution is 2.54. The van der Waals surface area contributed by atoms with Gasteiger partial charge in [-0.2, -0.15) is 0 Å². The molecule has 13 nitrogen and oxygen atoms in total. The van der Waals surface area contributed by atoms with Crippen LogP contribution in [0, 0.1) is 34.6 Å². The van der Waals surface area contributed by atoms with Crippen molar-refractivity contribution in [3.05, 3.63) is 323 Å². The largest absolute Gasteiger partial charge is 0.537 e. The molecule has 0 saturated heterocycles. The zero-order valence-corrected chi connectivity index (χ0v) is 73.4. The lowest BCUT2D eigenvalue weighted by Crippen LogP contribution is -2.74. The Labute approximate surface area is 708 Å². The molecule has 2 atom stereocenters. The third-order valence-electron chi connectivity index (χ3n) is 27.6. The Morgan fingerprint density at radius 1 is 0.328 bits per heavy atom. The van der Waals surface area contributed by atoms with Gasteiger partial charge in [0, 0.05) is 76.4 Å². The van der Waals surface area contributed by atoms with Gasteiger partial charge in [-0.05, 0) is 171 Å². The molecule has 22 aromatic rings. The molecule has 1 saturated carbocycles. The summed E-state index contributed by atoms with van der Waals surface area (Å²) in [7, 11) is -6.80. The Hall–Kier alpha value is -13.3. The van der Waals surface area contributed by atoms with Crippen molar-refractivity contribution in [2.45, 2.75) is 125 Å². The van der Waals surface area contributed by atoms with E-state index in [4.69, 9.17) is 38.2 Å². The average Bonchev–Trinajstić information content (AvgIpc) is 1.47. The van der Waals surface area contributed by atoms with Gasteiger partial charge in [0.2, 0.25) is 5.88 Å². The van der Waals surface area contributed by atoms with Gasteiger partial charge in [-0.3, -0.25) is 22.0 Å². The molecule has 5 aliphatic heterocycles. The van der Waals surface area contributed by atoms with E-state index in [1.807, 2.05) is 6.92 Å². The highest BCUT2D eigenvalue weighted by molar-refractivity contribution is 7.07. The van der Waals surface area contributed by atoms with Gasteiger partial charge < -0.3 is 13.3 Å². The summed E-state index contributed by atoms with van der Waals surface area (Å²) in [5, 5.41) is 25.3. The molecular weight excluding hydrogens is 1550 g/mol. The van der Waals surface area contributed by atoms with Crippen LogP contribution in [0.2, 0.25) is 26.2 Å². The molecular formula is C106H90N10O3Si3. The Morgan fingerprint density at radius 2 is 0.754 bits per heavy atom. The number of nitrogens with zero attached hydrogens (tertiary/aromatic N) is 10. The highest BCUT2D eigenvalue weighted by Gasteiger charge is 2.51. The summed E-state index contributed by atoms with van der Waals surface area (Å²) in [5.74, 6) is 4.75. The number of aryl methyl sites for hydroxylation is 7. The van der Waals surface area contributed by atoms with Crippen molar-refractivity contribution in [2.24, 2.45) is 0 Å². The molecule has 6 aliphatic rings. The highest BCUT2D eigenvalue weighted by atomic mass is 28.4. The molecule has 10 aromatic heterocycles. The SMILES string of the molecule is Cc1nc2c3ccccc3c3cc(C(C)C)cc4c3n2c1CC4.Cc1nc2c3ccccc3c3cccc4c3n2c1C1CCCC41.Cc1nc2c3ccccc3c3cccc4c3n2c1O[Si]4(C)C.Cc1nc2c3ccccc3c3cccc4c3n2c1[Si](C)(C)O4.Cc1nc2c3ccccc3c3cccc4c3n2c1[Si](c1ccccc1)(c1ccccc1)O4. The Kier molecular flexibility index (Phi) is 15.9. The smallest absolute Gasteiger partial charge is 0.365 e. The molecule has 0 spiro atoms. The van der Waals surface area contributed by atoms with Crippen LogP contribution in [0.4, 0.5) is 0 Å². The molecule has 1 fully saturated rings. The predicted molar refractivity (Wildman–Crippen MR) is 509 cm³/mol. The van der Waals surface area contributed by atoms with Crippen LogP contribution in [-0.2, 0) is 12.8 Å². The normalized spacial score (nSPS) is 16.3. The fraction of sp³-hybridized carbons (Fsp3) is 0.179. The van der Waals surface area contributed by atoms with Crippen molar-refractivity contribution in [1.29, 1.82) is 0 Å². The van der Waals surface area contributed by atoms with Crippen LogP contribution in [0.3, 0.4) is 0 Å². The minimum atomic E-state index is -2.84. The van der Waals surface area contributed by atoms with Gasteiger partial charge in [-0.25, -0.2) is 24.9 Å². The lowest BCUT2D eigenvalue weighted by atomic mass is 9.82. The first-order chi connectivity index (χ1) is 59.4. The van der Waals surface area contributed by atoms with Gasteiger partial charge in [0.05, 0.1) is 66.7 Å². The van der Waals surface area contributed by atoms with Gasteiger partial charge in [0.15, 0.2) is 0 Å². The van der Waals surface area contributed by atoms with E-state index < -0.39 is 25.0 Å². The number of rotatable bonds is 3. The van der Waals surface area contributed by atoms with E-state index in [9.17, 15) is 0 Å². The van der Waals surface area contributed by atoms with E-state index in [-0.39, 0.29) is 0 Å². The standard InChI is InChI=1S/C28H20N2OSi.C21H18N2.C21H20N2.2C18H16N2OSi/c1-19-28-30-26-23(22-15-8-9-16-24(22)27(30)29-19)17-10-18-25(26)31-32(28,20-11-4-2-5-12-20)21-13-6-3-7-14-21;1-12-19-15-9-4-8-13(15)16-10-5-11-17-14-6-2-3-7-18(14)21(22-12)23(19)20(16)17;1-12(2)15-10-14-8-9-19-13(3)22-21-17-7-5-4-6-16(17)18(11-15)20(14)23(19)21;1-11-18-20-16-13(9-6-10-15(16)22(2,3)21-18)12-7-4-5-8-14(12)17(20)19-11;1-11-18-20-16-13(9-6-10-15(16)21-22(18,2)3)12-7-4-5-8-14(12)17(20)19-11/h2-18H,1H3;2-3,5-7,10-11,13,15H,4,8-9H2,1H3;4-7,10-12H,8-9H2,1-3H3;2*4-10H,1-3H3. The van der Waals surface area contributed by atoms with Crippen LogP contribution in [0.15, 0.2) is 267 Å². The van der Waals surface area contributed by atoms with E-state index in [1.165, 1.54) is 182 Å². The average molecular weight is 1640 g/mol. The third-order valence-corrected chi connectivity index (χ3v) is 36.5. The van der Waals surface area contributed by atoms with E-state index in [1.54, 1.807) is 5.56 Å². The zero-order valence-electron chi connectivity index (χ0n) is 70.4. The first-order valence-electron chi connectivity index (χ1n) is 43.3. The summed E-state index contributed by atoms with van der Waals surface area (Å²) in [4.78, 5) is 24.8. The quantitative estimate of drug-likeness (QED) is 0.127. The fourth-order valence-corrected chi connectivity index (χ4v) is 31.3. The van der Waals surface area contributed by atoms with Crippen molar-refractivity contribution in [1.82, 2.24) is 46.9 Å². The summed E-state index contributed by atoms with van der Waals surface area (Å²) < 4.78 is 32.0. The van der Waals surface area contributed by atoms with Crippen molar-refractivity contribution in [3.63, 3.8) is 0 Å². The maximum Gasteiger partial charge on any atom is 0.365 e. The molecule has 0 N–H and O–H groups in total. The summed E-state index contributed by atoms with van der Waals surface area (Å²) in [5.41, 5.74) is 24.6. The van der Waals surface area contributed by atoms with Gasteiger partial charge >= 0.3 is 8.32 Å².